The molecule has 2 rings (SSSR count). The van der Waals surface area contributed by atoms with E-state index in [-0.39, 0.29) is 11.2 Å². The predicted octanol–water partition coefficient (Wildman–Crippen LogP) is 2.71. The molecule has 1 N–H and O–H groups in total. The van der Waals surface area contributed by atoms with Crippen molar-refractivity contribution in [1.29, 1.82) is 0 Å². The van der Waals surface area contributed by atoms with E-state index in [0.29, 0.717) is 6.54 Å². The Morgan fingerprint density at radius 1 is 1.44 bits per heavy atom. The third kappa shape index (κ3) is 3.03. The van der Waals surface area contributed by atoms with Gasteiger partial charge in [-0.25, -0.2) is 4.39 Å². The van der Waals surface area contributed by atoms with Gasteiger partial charge in [-0.15, -0.1) is 0 Å². The third-order valence-corrected chi connectivity index (χ3v) is 3.16. The van der Waals surface area contributed by atoms with Gasteiger partial charge in [0.05, 0.1) is 13.2 Å². The summed E-state index contributed by atoms with van der Waals surface area (Å²) in [7, 11) is 0. The minimum absolute atomic E-state index is 0.204. The van der Waals surface area contributed by atoms with Gasteiger partial charge in [-0.3, -0.25) is 0 Å². The van der Waals surface area contributed by atoms with Crippen LogP contribution in [0.3, 0.4) is 0 Å². The lowest BCUT2D eigenvalue weighted by atomic mass is 9.89. The van der Waals surface area contributed by atoms with Crippen LogP contribution in [0.4, 0.5) is 4.39 Å². The molecule has 0 atom stereocenters. The molecule has 16 heavy (non-hydrogen) atoms. The number of benzene rings is 1. The quantitative estimate of drug-likeness (QED) is 0.919. The van der Waals surface area contributed by atoms with E-state index >= 15 is 0 Å². The summed E-state index contributed by atoms with van der Waals surface area (Å²) in [4.78, 5) is 0. The van der Waals surface area contributed by atoms with Crippen LogP contribution in [0.1, 0.15) is 12.5 Å². The second-order valence-corrected chi connectivity index (χ2v) is 5.60. The number of ether oxygens (including phenoxy) is 1. The maximum Gasteiger partial charge on any atom is 0.124 e. The van der Waals surface area contributed by atoms with E-state index in [1.165, 1.54) is 6.07 Å². The van der Waals surface area contributed by atoms with Crippen molar-refractivity contribution in [3.8, 4) is 0 Å². The molecule has 0 aliphatic carbocycles. The van der Waals surface area contributed by atoms with Gasteiger partial charge in [0.2, 0.25) is 0 Å². The van der Waals surface area contributed by atoms with Gasteiger partial charge >= 0.3 is 0 Å². The molecule has 4 heteroatoms. The van der Waals surface area contributed by atoms with E-state index in [4.69, 9.17) is 4.74 Å². The van der Waals surface area contributed by atoms with Gasteiger partial charge in [0.15, 0.2) is 0 Å². The molecule has 0 aromatic heterocycles. The highest BCUT2D eigenvalue weighted by Crippen LogP contribution is 2.25. The summed E-state index contributed by atoms with van der Waals surface area (Å²) in [6, 6.07) is 4.94. The van der Waals surface area contributed by atoms with Crippen LogP contribution in [-0.4, -0.2) is 19.8 Å². The number of nitrogens with one attached hydrogen (secondary N) is 1. The molecule has 88 valence electrons. The zero-order valence-corrected chi connectivity index (χ0v) is 10.8. The average molecular weight is 288 g/mol. The topological polar surface area (TPSA) is 21.3 Å². The van der Waals surface area contributed by atoms with Crippen molar-refractivity contribution in [3.05, 3.63) is 34.1 Å². The molecular formula is C12H15BrFNO. The maximum absolute atomic E-state index is 13.1. The maximum atomic E-state index is 13.1. The second kappa shape index (κ2) is 4.82. The monoisotopic (exact) mass is 287 g/mol. The minimum atomic E-state index is -0.204. The van der Waals surface area contributed by atoms with Crippen molar-refractivity contribution < 1.29 is 9.13 Å². The normalized spacial score (nSPS) is 18.2. The van der Waals surface area contributed by atoms with Gasteiger partial charge in [-0.2, -0.15) is 0 Å². The Morgan fingerprint density at radius 2 is 2.19 bits per heavy atom. The summed E-state index contributed by atoms with van der Waals surface area (Å²) < 4.78 is 19.0. The molecule has 1 aromatic rings. The Balaban J connectivity index is 1.84. The molecule has 1 heterocycles. The van der Waals surface area contributed by atoms with Gasteiger partial charge < -0.3 is 10.1 Å². The minimum Gasteiger partial charge on any atom is -0.380 e. The van der Waals surface area contributed by atoms with E-state index in [1.807, 2.05) is 6.07 Å². The fourth-order valence-electron chi connectivity index (χ4n) is 1.77. The van der Waals surface area contributed by atoms with Crippen LogP contribution >= 0.6 is 15.9 Å². The van der Waals surface area contributed by atoms with E-state index in [2.05, 4.69) is 28.2 Å². The molecular weight excluding hydrogens is 273 g/mol. The summed E-state index contributed by atoms with van der Waals surface area (Å²) in [5, 5.41) is 3.33. The first kappa shape index (κ1) is 12.0. The molecule has 1 aliphatic rings. The van der Waals surface area contributed by atoms with Crippen molar-refractivity contribution in [2.45, 2.75) is 13.5 Å². The van der Waals surface area contributed by atoms with Crippen molar-refractivity contribution in [3.63, 3.8) is 0 Å². The second-order valence-electron chi connectivity index (χ2n) is 4.68. The predicted molar refractivity (Wildman–Crippen MR) is 64.7 cm³/mol. The van der Waals surface area contributed by atoms with Gasteiger partial charge in [0.25, 0.3) is 0 Å². The number of halogens is 2. The molecule has 0 spiro atoms. The standard InChI is InChI=1S/C12H15BrFNO/c1-12(7-16-8-12)6-15-5-9-2-10(13)4-11(14)3-9/h2-4,15H,5-8H2,1H3. The van der Waals surface area contributed by atoms with Crippen molar-refractivity contribution in [1.82, 2.24) is 5.32 Å². The summed E-state index contributed by atoms with van der Waals surface area (Å²) in [6.45, 7) is 5.40. The van der Waals surface area contributed by atoms with E-state index in [9.17, 15) is 4.39 Å². The van der Waals surface area contributed by atoms with Gasteiger partial charge in [0, 0.05) is 23.0 Å². The fraction of sp³-hybridized carbons (Fsp3) is 0.500. The molecule has 1 saturated heterocycles. The summed E-state index contributed by atoms with van der Waals surface area (Å²) >= 11 is 3.28. The first-order valence-corrected chi connectivity index (χ1v) is 6.10. The smallest absolute Gasteiger partial charge is 0.124 e. The zero-order valence-electron chi connectivity index (χ0n) is 9.22. The third-order valence-electron chi connectivity index (χ3n) is 2.70. The van der Waals surface area contributed by atoms with E-state index < -0.39 is 0 Å². The SMILES string of the molecule is CC1(CNCc2cc(F)cc(Br)c2)COC1. The van der Waals surface area contributed by atoms with Crippen LogP contribution in [0, 0.1) is 11.2 Å². The number of hydrogen-bond acceptors (Lipinski definition) is 2. The first-order chi connectivity index (χ1) is 7.57. The van der Waals surface area contributed by atoms with Crippen molar-refractivity contribution in [2.75, 3.05) is 19.8 Å². The average Bonchev–Trinajstić information content (AvgIpc) is 2.13. The van der Waals surface area contributed by atoms with Crippen molar-refractivity contribution in [2.24, 2.45) is 5.41 Å². The van der Waals surface area contributed by atoms with Crippen LogP contribution in [0.25, 0.3) is 0 Å². The van der Waals surface area contributed by atoms with Crippen LogP contribution in [0.2, 0.25) is 0 Å². The first-order valence-electron chi connectivity index (χ1n) is 5.31. The Kier molecular flexibility index (Phi) is 3.62. The van der Waals surface area contributed by atoms with E-state index in [0.717, 1.165) is 29.8 Å². The van der Waals surface area contributed by atoms with E-state index in [1.54, 1.807) is 6.07 Å². The summed E-state index contributed by atoms with van der Waals surface area (Å²) in [5.41, 5.74) is 1.21. The Hall–Kier alpha value is -0.450. The summed E-state index contributed by atoms with van der Waals surface area (Å²) in [5.74, 6) is -0.204. The molecule has 1 fully saturated rings. The Bertz CT molecular complexity index is 359. The summed E-state index contributed by atoms with van der Waals surface area (Å²) in [6.07, 6.45) is 0. The molecule has 2 nitrogen and oxygen atoms in total. The molecule has 0 amide bonds. The number of rotatable bonds is 4. The largest absolute Gasteiger partial charge is 0.380 e. The lowest BCUT2D eigenvalue weighted by molar-refractivity contribution is -0.0991. The molecule has 0 unspecified atom stereocenters. The molecule has 1 aliphatic heterocycles. The Labute approximate surface area is 103 Å². The number of hydrogen-bond donors (Lipinski definition) is 1. The Morgan fingerprint density at radius 3 is 2.75 bits per heavy atom. The van der Waals surface area contributed by atoms with Crippen LogP contribution in [0.15, 0.2) is 22.7 Å². The van der Waals surface area contributed by atoms with Crippen LogP contribution in [0.5, 0.6) is 0 Å². The zero-order chi connectivity index (χ0) is 11.6. The molecule has 1 aromatic carbocycles. The molecule has 0 saturated carbocycles. The van der Waals surface area contributed by atoms with Crippen LogP contribution < -0.4 is 5.32 Å². The fourth-order valence-corrected chi connectivity index (χ4v) is 2.29. The van der Waals surface area contributed by atoms with Gasteiger partial charge in [0.1, 0.15) is 5.82 Å². The van der Waals surface area contributed by atoms with Crippen molar-refractivity contribution >= 4 is 15.9 Å². The highest BCUT2D eigenvalue weighted by molar-refractivity contribution is 9.10. The lowest BCUT2D eigenvalue weighted by Gasteiger charge is -2.38. The lowest BCUT2D eigenvalue weighted by Crippen LogP contribution is -2.47. The van der Waals surface area contributed by atoms with Gasteiger partial charge in [-0.1, -0.05) is 22.9 Å². The van der Waals surface area contributed by atoms with Gasteiger partial charge in [-0.05, 0) is 23.8 Å². The molecule has 0 bridgehead atoms. The molecule has 0 radical (unpaired) electrons. The highest BCUT2D eigenvalue weighted by Gasteiger charge is 2.32. The highest BCUT2D eigenvalue weighted by atomic mass is 79.9. The van der Waals surface area contributed by atoms with Crippen LogP contribution in [-0.2, 0) is 11.3 Å².